The standard InChI is InChI=1S/C19H27NO4S/c1-12(2)14-8-7-13(3)10-15(14)22-18(21)19-24-17(11-25-19)23-16-6-4-5-9-20-16/h4-6,9,12-15,17,19H,7-8,10-11H2,1-3H3/t13-,14+,15-,17?,19+/m1/s1. The Hall–Kier alpha value is -1.27. The van der Waals surface area contributed by atoms with Gasteiger partial charge >= 0.3 is 5.97 Å². The minimum atomic E-state index is -0.612. The fourth-order valence-electron chi connectivity index (χ4n) is 3.57. The Morgan fingerprint density at radius 3 is 2.92 bits per heavy atom. The maximum atomic E-state index is 12.5. The van der Waals surface area contributed by atoms with Gasteiger partial charge in [0.25, 0.3) is 0 Å². The summed E-state index contributed by atoms with van der Waals surface area (Å²) in [4.78, 5) is 16.7. The summed E-state index contributed by atoms with van der Waals surface area (Å²) in [6, 6.07) is 5.45. The van der Waals surface area contributed by atoms with Crippen LogP contribution in [0.1, 0.15) is 40.0 Å². The Morgan fingerprint density at radius 2 is 2.20 bits per heavy atom. The lowest BCUT2D eigenvalue weighted by Crippen LogP contribution is -2.38. The van der Waals surface area contributed by atoms with E-state index in [2.05, 4.69) is 25.8 Å². The molecule has 5 atom stereocenters. The van der Waals surface area contributed by atoms with Crippen LogP contribution in [0.2, 0.25) is 0 Å². The Morgan fingerprint density at radius 1 is 1.36 bits per heavy atom. The predicted octanol–water partition coefficient (Wildman–Crippen LogP) is 3.88. The molecule has 1 aromatic rings. The Kier molecular flexibility index (Phi) is 6.23. The van der Waals surface area contributed by atoms with Crippen molar-refractivity contribution in [1.29, 1.82) is 0 Å². The van der Waals surface area contributed by atoms with Crippen LogP contribution in [-0.4, -0.2) is 34.5 Å². The largest absolute Gasteiger partial charge is 0.459 e. The second-order valence-electron chi connectivity index (χ2n) is 7.32. The molecule has 1 aliphatic carbocycles. The van der Waals surface area contributed by atoms with E-state index in [1.165, 1.54) is 18.2 Å². The highest BCUT2D eigenvalue weighted by Gasteiger charge is 2.38. The van der Waals surface area contributed by atoms with Gasteiger partial charge < -0.3 is 14.2 Å². The molecule has 6 heteroatoms. The molecule has 0 spiro atoms. The molecule has 0 amide bonds. The average Bonchev–Trinajstić information content (AvgIpc) is 3.04. The van der Waals surface area contributed by atoms with Crippen molar-refractivity contribution in [2.75, 3.05) is 5.75 Å². The van der Waals surface area contributed by atoms with Gasteiger partial charge in [0.15, 0.2) is 0 Å². The van der Waals surface area contributed by atoms with Crippen molar-refractivity contribution in [3.8, 4) is 5.88 Å². The molecule has 1 aliphatic heterocycles. The number of carbonyl (C=O) groups excluding carboxylic acids is 1. The third kappa shape index (κ3) is 4.88. The molecule has 2 heterocycles. The minimum Gasteiger partial charge on any atom is -0.459 e. The van der Waals surface area contributed by atoms with Gasteiger partial charge in [0.05, 0.1) is 5.75 Å². The Balaban J connectivity index is 1.53. The van der Waals surface area contributed by atoms with Crippen molar-refractivity contribution in [2.24, 2.45) is 17.8 Å². The molecule has 25 heavy (non-hydrogen) atoms. The van der Waals surface area contributed by atoms with Crippen molar-refractivity contribution >= 4 is 17.7 Å². The van der Waals surface area contributed by atoms with Crippen molar-refractivity contribution in [3.05, 3.63) is 24.4 Å². The van der Waals surface area contributed by atoms with Crippen LogP contribution < -0.4 is 4.74 Å². The molecule has 0 radical (unpaired) electrons. The number of pyridine rings is 1. The lowest BCUT2D eigenvalue weighted by atomic mass is 9.75. The summed E-state index contributed by atoms with van der Waals surface area (Å²) in [6.45, 7) is 6.65. The summed E-state index contributed by atoms with van der Waals surface area (Å²) >= 11 is 1.43. The summed E-state index contributed by atoms with van der Waals surface area (Å²) in [5.74, 6) is 2.37. The summed E-state index contributed by atoms with van der Waals surface area (Å²) in [5, 5.41) is 0. The van der Waals surface area contributed by atoms with Crippen LogP contribution in [0.25, 0.3) is 0 Å². The zero-order chi connectivity index (χ0) is 17.8. The fourth-order valence-corrected chi connectivity index (χ4v) is 4.45. The first-order chi connectivity index (χ1) is 12.0. The first kappa shape index (κ1) is 18.5. The van der Waals surface area contributed by atoms with Crippen LogP contribution in [0, 0.1) is 17.8 Å². The molecule has 1 aromatic heterocycles. The van der Waals surface area contributed by atoms with Crippen LogP contribution in [0.15, 0.2) is 24.4 Å². The number of ether oxygens (including phenoxy) is 3. The monoisotopic (exact) mass is 365 g/mol. The lowest BCUT2D eigenvalue weighted by molar-refractivity contribution is -0.170. The van der Waals surface area contributed by atoms with Crippen molar-refractivity contribution in [2.45, 2.75) is 57.9 Å². The van der Waals surface area contributed by atoms with Crippen LogP contribution in [0.4, 0.5) is 0 Å². The maximum Gasteiger partial charge on any atom is 0.346 e. The van der Waals surface area contributed by atoms with E-state index in [9.17, 15) is 4.79 Å². The fraction of sp³-hybridized carbons (Fsp3) is 0.684. The molecular formula is C19H27NO4S. The van der Waals surface area contributed by atoms with Gasteiger partial charge in [-0.25, -0.2) is 9.78 Å². The summed E-state index contributed by atoms with van der Waals surface area (Å²) in [5.41, 5.74) is -0.612. The second kappa shape index (κ2) is 8.41. The lowest BCUT2D eigenvalue weighted by Gasteiger charge is -2.37. The first-order valence-corrected chi connectivity index (χ1v) is 10.1. The topological polar surface area (TPSA) is 57.7 Å². The van der Waals surface area contributed by atoms with Gasteiger partial charge in [-0.15, -0.1) is 11.8 Å². The Labute approximate surface area is 153 Å². The Bertz CT molecular complexity index is 568. The number of hydrogen-bond donors (Lipinski definition) is 0. The minimum absolute atomic E-state index is 0.00351. The molecular weight excluding hydrogens is 338 g/mol. The van der Waals surface area contributed by atoms with Crippen molar-refractivity contribution in [1.82, 2.24) is 4.98 Å². The molecule has 138 valence electrons. The third-order valence-corrected chi connectivity index (χ3v) is 6.04. The van der Waals surface area contributed by atoms with Gasteiger partial charge in [-0.3, -0.25) is 0 Å². The average molecular weight is 365 g/mol. The van der Waals surface area contributed by atoms with E-state index in [0.29, 0.717) is 29.4 Å². The molecule has 3 rings (SSSR count). The van der Waals surface area contributed by atoms with Crippen LogP contribution in [0.3, 0.4) is 0 Å². The zero-order valence-corrected chi connectivity index (χ0v) is 15.9. The number of nitrogens with zero attached hydrogens (tertiary/aromatic N) is 1. The van der Waals surface area contributed by atoms with Gasteiger partial charge in [0.1, 0.15) is 6.10 Å². The summed E-state index contributed by atoms with van der Waals surface area (Å²) in [6.07, 6.45) is 4.48. The summed E-state index contributed by atoms with van der Waals surface area (Å²) in [7, 11) is 0. The highest BCUT2D eigenvalue weighted by molar-refractivity contribution is 8.00. The van der Waals surface area contributed by atoms with E-state index < -0.39 is 11.7 Å². The van der Waals surface area contributed by atoms with Gasteiger partial charge in [-0.05, 0) is 36.7 Å². The van der Waals surface area contributed by atoms with E-state index in [4.69, 9.17) is 14.2 Å². The van der Waals surface area contributed by atoms with E-state index in [1.54, 1.807) is 12.3 Å². The van der Waals surface area contributed by atoms with Gasteiger partial charge in [-0.1, -0.05) is 33.3 Å². The smallest absolute Gasteiger partial charge is 0.346 e. The van der Waals surface area contributed by atoms with Crippen LogP contribution in [-0.2, 0) is 14.3 Å². The first-order valence-electron chi connectivity index (χ1n) is 9.08. The molecule has 1 saturated carbocycles. The zero-order valence-electron chi connectivity index (χ0n) is 15.1. The number of carbonyl (C=O) groups is 1. The molecule has 1 saturated heterocycles. The maximum absolute atomic E-state index is 12.5. The third-order valence-electron chi connectivity index (χ3n) is 4.97. The SMILES string of the molecule is CC(C)[C@@H]1CC[C@@H](C)C[C@H]1OC(=O)[C@H]1OC(Oc2ccccn2)CS1. The van der Waals surface area contributed by atoms with Crippen molar-refractivity contribution in [3.63, 3.8) is 0 Å². The molecule has 2 fully saturated rings. The number of esters is 1. The molecule has 0 N–H and O–H groups in total. The normalized spacial score (nSPS) is 32.6. The van der Waals surface area contributed by atoms with Gasteiger partial charge in [-0.2, -0.15) is 0 Å². The number of hydrogen-bond acceptors (Lipinski definition) is 6. The second-order valence-corrected chi connectivity index (χ2v) is 8.41. The number of thioether (sulfide) groups is 1. The molecule has 5 nitrogen and oxygen atoms in total. The molecule has 2 aliphatic rings. The van der Waals surface area contributed by atoms with E-state index in [0.717, 1.165) is 12.8 Å². The van der Waals surface area contributed by atoms with E-state index in [1.807, 2.05) is 12.1 Å². The van der Waals surface area contributed by atoms with E-state index in [-0.39, 0.29) is 12.1 Å². The van der Waals surface area contributed by atoms with Gasteiger partial charge in [0.2, 0.25) is 17.6 Å². The van der Waals surface area contributed by atoms with E-state index >= 15 is 0 Å². The van der Waals surface area contributed by atoms with Crippen molar-refractivity contribution < 1.29 is 19.0 Å². The van der Waals surface area contributed by atoms with Crippen LogP contribution in [0.5, 0.6) is 5.88 Å². The van der Waals surface area contributed by atoms with Crippen LogP contribution >= 0.6 is 11.8 Å². The highest BCUT2D eigenvalue weighted by atomic mass is 32.2. The van der Waals surface area contributed by atoms with Gasteiger partial charge in [0, 0.05) is 12.3 Å². The summed E-state index contributed by atoms with van der Waals surface area (Å²) < 4.78 is 17.2. The highest BCUT2D eigenvalue weighted by Crippen LogP contribution is 2.36. The number of aromatic nitrogens is 1. The predicted molar refractivity (Wildman–Crippen MR) is 97.2 cm³/mol. The molecule has 1 unspecified atom stereocenters. The quantitative estimate of drug-likeness (QED) is 0.738. The molecule has 0 bridgehead atoms. The number of rotatable bonds is 5. The molecule has 0 aromatic carbocycles.